The summed E-state index contributed by atoms with van der Waals surface area (Å²) in [6.07, 6.45) is 1.48. The predicted molar refractivity (Wildman–Crippen MR) is 100.0 cm³/mol. The number of sulfone groups is 1. The summed E-state index contributed by atoms with van der Waals surface area (Å²) in [6.45, 7) is 1.41. The summed E-state index contributed by atoms with van der Waals surface area (Å²) in [5, 5.41) is 1.11. The van der Waals surface area contributed by atoms with Gasteiger partial charge < -0.3 is 9.64 Å². The van der Waals surface area contributed by atoms with Crippen LogP contribution in [0, 0.1) is 6.92 Å². The van der Waals surface area contributed by atoms with E-state index < -0.39 is 34.4 Å². The Morgan fingerprint density at radius 1 is 1.19 bits per heavy atom. The van der Waals surface area contributed by atoms with Crippen LogP contribution in [0.2, 0.25) is 0 Å². The summed E-state index contributed by atoms with van der Waals surface area (Å²) in [6, 6.07) is 11.5. The van der Waals surface area contributed by atoms with Crippen molar-refractivity contribution < 1.29 is 22.7 Å². The molecule has 0 fully saturated rings. The lowest BCUT2D eigenvalue weighted by atomic mass is 10.2. The number of para-hydroxylation sites is 1. The van der Waals surface area contributed by atoms with E-state index in [0.717, 1.165) is 10.3 Å². The second-order valence-corrected chi connectivity index (χ2v) is 9.03. The van der Waals surface area contributed by atoms with Gasteiger partial charge in [0.1, 0.15) is 4.88 Å². The standard InChI is InChI=1S/C18H17NO5S2/c1-13-7-8-16(25-13)18(21)24-11-17(20)19(14-5-3-2-4-6-14)15-9-10-26(22,23)12-15/h2-10,15H,11-12H2,1H3/t15-/m1/s1. The number of esters is 1. The Kier molecular flexibility index (Phi) is 5.24. The number of rotatable bonds is 5. The summed E-state index contributed by atoms with van der Waals surface area (Å²) in [4.78, 5) is 27.5. The van der Waals surface area contributed by atoms with Crippen LogP contribution in [0.5, 0.6) is 0 Å². The van der Waals surface area contributed by atoms with Gasteiger partial charge in [0, 0.05) is 16.0 Å². The number of nitrogens with zero attached hydrogens (tertiary/aromatic N) is 1. The molecule has 1 atom stereocenters. The molecule has 26 heavy (non-hydrogen) atoms. The highest BCUT2D eigenvalue weighted by Gasteiger charge is 2.31. The Morgan fingerprint density at radius 2 is 1.92 bits per heavy atom. The molecule has 136 valence electrons. The van der Waals surface area contributed by atoms with E-state index in [9.17, 15) is 18.0 Å². The molecular weight excluding hydrogens is 374 g/mol. The highest BCUT2D eigenvalue weighted by molar-refractivity contribution is 7.94. The van der Waals surface area contributed by atoms with Crippen LogP contribution in [0.3, 0.4) is 0 Å². The van der Waals surface area contributed by atoms with Crippen LogP contribution in [-0.4, -0.2) is 38.7 Å². The van der Waals surface area contributed by atoms with Gasteiger partial charge in [-0.25, -0.2) is 13.2 Å². The Labute approximate surface area is 155 Å². The fourth-order valence-corrected chi connectivity index (χ4v) is 4.67. The average molecular weight is 391 g/mol. The van der Waals surface area contributed by atoms with Crippen molar-refractivity contribution in [3.8, 4) is 0 Å². The highest BCUT2D eigenvalue weighted by Crippen LogP contribution is 2.23. The lowest BCUT2D eigenvalue weighted by molar-refractivity contribution is -0.121. The fourth-order valence-electron chi connectivity index (χ4n) is 2.64. The topological polar surface area (TPSA) is 80.8 Å². The smallest absolute Gasteiger partial charge is 0.348 e. The van der Waals surface area contributed by atoms with Gasteiger partial charge in [0.25, 0.3) is 5.91 Å². The number of anilines is 1. The zero-order valence-corrected chi connectivity index (χ0v) is 15.6. The lowest BCUT2D eigenvalue weighted by Gasteiger charge is -2.27. The molecular formula is C18H17NO5S2. The number of thiophene rings is 1. The van der Waals surface area contributed by atoms with Crippen LogP contribution >= 0.6 is 11.3 Å². The number of carbonyl (C=O) groups excluding carboxylic acids is 2. The minimum atomic E-state index is -3.33. The minimum Gasteiger partial charge on any atom is -0.451 e. The molecule has 3 rings (SSSR count). The van der Waals surface area contributed by atoms with E-state index in [0.29, 0.717) is 10.6 Å². The minimum absolute atomic E-state index is 0.189. The molecule has 0 unspecified atom stereocenters. The quantitative estimate of drug-likeness (QED) is 0.732. The molecule has 6 nitrogen and oxygen atoms in total. The normalized spacial score (nSPS) is 17.8. The first-order valence-corrected chi connectivity index (χ1v) is 10.4. The Hall–Kier alpha value is -2.45. The SMILES string of the molecule is Cc1ccc(C(=O)OCC(=O)N(c2ccccc2)[C@@H]2C=CS(=O)(=O)C2)s1. The molecule has 1 aromatic carbocycles. The van der Waals surface area contributed by atoms with E-state index in [2.05, 4.69) is 0 Å². The maximum absolute atomic E-state index is 12.7. The van der Waals surface area contributed by atoms with Gasteiger partial charge >= 0.3 is 5.97 Å². The number of amides is 1. The number of aryl methyl sites for hydroxylation is 1. The molecule has 0 N–H and O–H groups in total. The Bertz CT molecular complexity index is 947. The van der Waals surface area contributed by atoms with Gasteiger partial charge in [-0.1, -0.05) is 18.2 Å². The molecule has 2 heterocycles. The second kappa shape index (κ2) is 7.43. The molecule has 0 saturated heterocycles. The van der Waals surface area contributed by atoms with Crippen molar-refractivity contribution in [1.29, 1.82) is 0 Å². The Balaban J connectivity index is 1.75. The predicted octanol–water partition coefficient (Wildman–Crippen LogP) is 2.56. The molecule has 2 aromatic rings. The summed E-state index contributed by atoms with van der Waals surface area (Å²) in [5.41, 5.74) is 0.548. The van der Waals surface area contributed by atoms with Crippen molar-refractivity contribution in [1.82, 2.24) is 0 Å². The largest absolute Gasteiger partial charge is 0.451 e. The van der Waals surface area contributed by atoms with Crippen molar-refractivity contribution in [2.24, 2.45) is 0 Å². The van der Waals surface area contributed by atoms with E-state index in [1.165, 1.54) is 22.3 Å². The molecule has 1 amide bonds. The van der Waals surface area contributed by atoms with Crippen LogP contribution in [0.25, 0.3) is 0 Å². The average Bonchev–Trinajstić information content (AvgIpc) is 3.19. The van der Waals surface area contributed by atoms with Crippen LogP contribution in [-0.2, 0) is 19.4 Å². The molecule has 1 aliphatic rings. The first kappa shape index (κ1) is 18.3. The van der Waals surface area contributed by atoms with Crippen LogP contribution in [0.4, 0.5) is 5.69 Å². The van der Waals surface area contributed by atoms with Gasteiger partial charge in [-0.3, -0.25) is 4.79 Å². The number of hydrogen-bond acceptors (Lipinski definition) is 6. The number of benzene rings is 1. The summed E-state index contributed by atoms with van der Waals surface area (Å²) >= 11 is 1.29. The van der Waals surface area contributed by atoms with Gasteiger partial charge in [-0.15, -0.1) is 11.3 Å². The van der Waals surface area contributed by atoms with Gasteiger partial charge in [0.15, 0.2) is 16.4 Å². The monoisotopic (exact) mass is 391 g/mol. The van der Waals surface area contributed by atoms with Gasteiger partial charge in [0.05, 0.1) is 11.8 Å². The van der Waals surface area contributed by atoms with Crippen LogP contribution in [0.1, 0.15) is 14.5 Å². The van der Waals surface area contributed by atoms with E-state index >= 15 is 0 Å². The summed E-state index contributed by atoms with van der Waals surface area (Å²) < 4.78 is 28.6. The summed E-state index contributed by atoms with van der Waals surface area (Å²) in [5.74, 6) is -1.24. The molecule has 0 aliphatic carbocycles. The van der Waals surface area contributed by atoms with E-state index in [4.69, 9.17) is 4.74 Å². The third-order valence-electron chi connectivity index (χ3n) is 3.81. The van der Waals surface area contributed by atoms with Crippen molar-refractivity contribution in [2.75, 3.05) is 17.3 Å². The highest BCUT2D eigenvalue weighted by atomic mass is 32.2. The van der Waals surface area contributed by atoms with Crippen LogP contribution in [0.15, 0.2) is 53.9 Å². The van der Waals surface area contributed by atoms with Gasteiger partial charge in [-0.05, 0) is 37.3 Å². The van der Waals surface area contributed by atoms with Gasteiger partial charge in [0.2, 0.25) is 0 Å². The zero-order chi connectivity index (χ0) is 18.7. The molecule has 0 radical (unpaired) electrons. The van der Waals surface area contributed by atoms with E-state index in [-0.39, 0.29) is 5.75 Å². The van der Waals surface area contributed by atoms with Crippen molar-refractivity contribution in [3.63, 3.8) is 0 Å². The molecule has 0 saturated carbocycles. The van der Waals surface area contributed by atoms with Crippen molar-refractivity contribution in [3.05, 3.63) is 63.7 Å². The molecule has 0 spiro atoms. The second-order valence-electron chi connectivity index (χ2n) is 5.81. The molecule has 8 heteroatoms. The lowest BCUT2D eigenvalue weighted by Crippen LogP contribution is -2.43. The third kappa shape index (κ3) is 4.20. The number of carbonyl (C=O) groups is 2. The van der Waals surface area contributed by atoms with E-state index in [1.807, 2.05) is 6.92 Å². The maximum atomic E-state index is 12.7. The zero-order valence-electron chi connectivity index (χ0n) is 14.0. The first-order chi connectivity index (χ1) is 12.4. The van der Waals surface area contributed by atoms with Crippen LogP contribution < -0.4 is 4.90 Å². The number of ether oxygens (including phenoxy) is 1. The van der Waals surface area contributed by atoms with Crippen molar-refractivity contribution in [2.45, 2.75) is 13.0 Å². The van der Waals surface area contributed by atoms with Crippen molar-refractivity contribution >= 4 is 38.7 Å². The summed E-state index contributed by atoms with van der Waals surface area (Å²) in [7, 11) is -3.33. The molecule has 1 aliphatic heterocycles. The maximum Gasteiger partial charge on any atom is 0.348 e. The fraction of sp³-hybridized carbons (Fsp3) is 0.222. The third-order valence-corrected chi connectivity index (χ3v) is 6.17. The first-order valence-electron chi connectivity index (χ1n) is 7.87. The molecule has 1 aromatic heterocycles. The van der Waals surface area contributed by atoms with Gasteiger partial charge in [-0.2, -0.15) is 0 Å². The Morgan fingerprint density at radius 3 is 2.50 bits per heavy atom. The molecule has 0 bridgehead atoms. The number of hydrogen-bond donors (Lipinski definition) is 0. The van der Waals surface area contributed by atoms with E-state index in [1.54, 1.807) is 42.5 Å².